The number of hydrogen-bond acceptors (Lipinski definition) is 6. The molecular weight excluding hydrogens is 376 g/mol. The average Bonchev–Trinajstić information content (AvgIpc) is 2.68. The van der Waals surface area contributed by atoms with E-state index in [4.69, 9.17) is 26.3 Å². The lowest BCUT2D eigenvalue weighted by molar-refractivity contribution is 0.295. The predicted molar refractivity (Wildman–Crippen MR) is 111 cm³/mol. The number of nitriles is 1. The minimum absolute atomic E-state index is 0.309. The fraction of sp³-hybridized carbons (Fsp3) is 0.429. The Morgan fingerprint density at radius 2 is 2.00 bits per heavy atom. The molecule has 28 heavy (non-hydrogen) atoms. The zero-order chi connectivity index (χ0) is 20.4. The number of hydrogen-bond donors (Lipinski definition) is 1. The molecule has 2 aromatic rings. The number of nitrogens with zero attached hydrogens (tertiary/aromatic N) is 3. The van der Waals surface area contributed by atoms with Crippen LogP contribution in [0.4, 0.5) is 0 Å². The fourth-order valence-electron chi connectivity index (χ4n) is 2.65. The summed E-state index contributed by atoms with van der Waals surface area (Å²) in [5, 5.41) is 13.0. The molecule has 150 valence electrons. The van der Waals surface area contributed by atoms with Crippen molar-refractivity contribution >= 4 is 11.6 Å². The molecule has 0 radical (unpaired) electrons. The van der Waals surface area contributed by atoms with Gasteiger partial charge in [-0.05, 0) is 52.7 Å². The molecule has 7 heteroatoms. The largest absolute Gasteiger partial charge is 0.492 e. The fourth-order valence-corrected chi connectivity index (χ4v) is 2.89. The number of halogens is 1. The summed E-state index contributed by atoms with van der Waals surface area (Å²) in [5.74, 6) is 1.30. The van der Waals surface area contributed by atoms with E-state index in [0.29, 0.717) is 41.8 Å². The molecule has 0 aliphatic carbocycles. The van der Waals surface area contributed by atoms with Crippen LogP contribution in [0.5, 0.6) is 11.5 Å². The van der Waals surface area contributed by atoms with Gasteiger partial charge in [-0.3, -0.25) is 4.98 Å². The second kappa shape index (κ2) is 11.5. The van der Waals surface area contributed by atoms with E-state index < -0.39 is 0 Å². The molecule has 0 saturated heterocycles. The second-order valence-corrected chi connectivity index (χ2v) is 7.05. The molecule has 0 spiro atoms. The minimum Gasteiger partial charge on any atom is -0.492 e. The van der Waals surface area contributed by atoms with Crippen molar-refractivity contribution in [3.8, 4) is 17.6 Å². The van der Waals surface area contributed by atoms with E-state index in [1.54, 1.807) is 12.3 Å². The molecule has 0 aliphatic rings. The first kappa shape index (κ1) is 22.0. The number of ether oxygens (including phenoxy) is 2. The smallest absolute Gasteiger partial charge is 0.141 e. The molecule has 0 unspecified atom stereocenters. The van der Waals surface area contributed by atoms with Crippen LogP contribution < -0.4 is 14.8 Å². The van der Waals surface area contributed by atoms with Gasteiger partial charge in [-0.2, -0.15) is 5.26 Å². The van der Waals surface area contributed by atoms with Gasteiger partial charge in [0.1, 0.15) is 24.2 Å². The molecule has 0 atom stereocenters. The van der Waals surface area contributed by atoms with Crippen LogP contribution in [-0.2, 0) is 13.2 Å². The first-order chi connectivity index (χ1) is 13.5. The van der Waals surface area contributed by atoms with E-state index in [-0.39, 0.29) is 0 Å². The molecule has 0 fully saturated rings. The lowest BCUT2D eigenvalue weighted by atomic mass is 10.1. The third kappa shape index (κ3) is 7.01. The van der Waals surface area contributed by atoms with Gasteiger partial charge < -0.3 is 19.7 Å². The van der Waals surface area contributed by atoms with Crippen LogP contribution in [0, 0.1) is 11.3 Å². The number of rotatable bonds is 11. The lowest BCUT2D eigenvalue weighted by Crippen LogP contribution is -2.21. The number of aromatic nitrogens is 1. The Balaban J connectivity index is 2.09. The van der Waals surface area contributed by atoms with E-state index in [1.807, 2.05) is 19.1 Å². The SMILES string of the molecule is CCOc1cc(OCc2cncc(C#N)c2)c(CNCCCN(C)C)cc1Cl. The van der Waals surface area contributed by atoms with Gasteiger partial charge in [-0.1, -0.05) is 11.6 Å². The van der Waals surface area contributed by atoms with Gasteiger partial charge in [0.2, 0.25) is 0 Å². The number of benzene rings is 1. The van der Waals surface area contributed by atoms with E-state index >= 15 is 0 Å². The average molecular weight is 403 g/mol. The van der Waals surface area contributed by atoms with Crippen molar-refractivity contribution in [2.24, 2.45) is 0 Å². The van der Waals surface area contributed by atoms with Crippen LogP contribution in [0.1, 0.15) is 30.0 Å². The molecule has 1 N–H and O–H groups in total. The molecule has 0 amide bonds. The van der Waals surface area contributed by atoms with E-state index in [0.717, 1.165) is 30.6 Å². The summed E-state index contributed by atoms with van der Waals surface area (Å²) in [4.78, 5) is 6.23. The highest BCUT2D eigenvalue weighted by molar-refractivity contribution is 6.32. The number of pyridine rings is 1. The predicted octanol–water partition coefficient (Wildman–Crippen LogP) is 3.63. The first-order valence-electron chi connectivity index (χ1n) is 9.31. The van der Waals surface area contributed by atoms with Crippen LogP contribution in [-0.4, -0.2) is 43.7 Å². The minimum atomic E-state index is 0.309. The summed E-state index contributed by atoms with van der Waals surface area (Å²) in [5.41, 5.74) is 2.30. The van der Waals surface area contributed by atoms with Gasteiger partial charge in [-0.25, -0.2) is 0 Å². The van der Waals surface area contributed by atoms with Crippen molar-refractivity contribution in [2.45, 2.75) is 26.5 Å². The summed E-state index contributed by atoms with van der Waals surface area (Å²) in [7, 11) is 4.13. The van der Waals surface area contributed by atoms with Gasteiger partial charge in [0.05, 0.1) is 17.2 Å². The molecule has 1 aromatic carbocycles. The van der Waals surface area contributed by atoms with Crippen LogP contribution in [0.25, 0.3) is 0 Å². The molecule has 6 nitrogen and oxygen atoms in total. The van der Waals surface area contributed by atoms with Gasteiger partial charge in [0.25, 0.3) is 0 Å². The summed E-state index contributed by atoms with van der Waals surface area (Å²) in [6.45, 7) is 5.32. The van der Waals surface area contributed by atoms with Crippen molar-refractivity contribution in [3.63, 3.8) is 0 Å². The highest BCUT2D eigenvalue weighted by Gasteiger charge is 2.12. The molecule has 0 saturated carbocycles. The topological polar surface area (TPSA) is 70.4 Å². The Morgan fingerprint density at radius 3 is 2.71 bits per heavy atom. The van der Waals surface area contributed by atoms with E-state index in [1.165, 1.54) is 6.20 Å². The molecule has 0 bridgehead atoms. The van der Waals surface area contributed by atoms with E-state index in [2.05, 4.69) is 35.4 Å². The zero-order valence-electron chi connectivity index (χ0n) is 16.7. The lowest BCUT2D eigenvalue weighted by Gasteiger charge is -2.16. The summed E-state index contributed by atoms with van der Waals surface area (Å²) in [6.07, 6.45) is 4.28. The highest BCUT2D eigenvalue weighted by atomic mass is 35.5. The summed E-state index contributed by atoms with van der Waals surface area (Å²) >= 11 is 6.36. The maximum Gasteiger partial charge on any atom is 0.141 e. The Bertz CT molecular complexity index is 805. The normalized spacial score (nSPS) is 10.7. The number of nitrogens with one attached hydrogen (secondary N) is 1. The maximum absolute atomic E-state index is 9.02. The second-order valence-electron chi connectivity index (χ2n) is 6.64. The van der Waals surface area contributed by atoms with Gasteiger partial charge in [0, 0.05) is 36.1 Å². The van der Waals surface area contributed by atoms with Crippen molar-refractivity contribution in [2.75, 3.05) is 33.8 Å². The molecule has 0 aliphatic heterocycles. The Kier molecular flexibility index (Phi) is 9.02. The Morgan fingerprint density at radius 1 is 1.18 bits per heavy atom. The molecule has 1 heterocycles. The Hall–Kier alpha value is -2.33. The summed E-state index contributed by atoms with van der Waals surface area (Å²) < 4.78 is 11.6. The molecule has 1 aromatic heterocycles. The zero-order valence-corrected chi connectivity index (χ0v) is 17.4. The van der Waals surface area contributed by atoms with E-state index in [9.17, 15) is 0 Å². The first-order valence-corrected chi connectivity index (χ1v) is 9.68. The van der Waals surface area contributed by atoms with Crippen LogP contribution >= 0.6 is 11.6 Å². The monoisotopic (exact) mass is 402 g/mol. The van der Waals surface area contributed by atoms with Crippen molar-refractivity contribution in [3.05, 3.63) is 52.3 Å². The van der Waals surface area contributed by atoms with Gasteiger partial charge in [-0.15, -0.1) is 0 Å². The summed E-state index contributed by atoms with van der Waals surface area (Å²) in [6, 6.07) is 7.56. The highest BCUT2D eigenvalue weighted by Crippen LogP contribution is 2.33. The van der Waals surface area contributed by atoms with Crippen molar-refractivity contribution in [1.29, 1.82) is 5.26 Å². The van der Waals surface area contributed by atoms with Gasteiger partial charge >= 0.3 is 0 Å². The maximum atomic E-state index is 9.02. The van der Waals surface area contributed by atoms with Crippen LogP contribution in [0.15, 0.2) is 30.6 Å². The van der Waals surface area contributed by atoms with Crippen molar-refractivity contribution < 1.29 is 9.47 Å². The molecule has 2 rings (SSSR count). The van der Waals surface area contributed by atoms with Crippen LogP contribution in [0.2, 0.25) is 5.02 Å². The Labute approximate surface area is 172 Å². The van der Waals surface area contributed by atoms with Crippen molar-refractivity contribution in [1.82, 2.24) is 15.2 Å². The quantitative estimate of drug-likeness (QED) is 0.579. The third-order valence-corrected chi connectivity index (χ3v) is 4.30. The molecular formula is C21H27ClN4O2. The van der Waals surface area contributed by atoms with Crippen LogP contribution in [0.3, 0.4) is 0 Å². The van der Waals surface area contributed by atoms with Gasteiger partial charge in [0.15, 0.2) is 0 Å². The standard InChI is InChI=1S/C21H27ClN4O2/c1-4-27-21-10-20(28-15-17-8-16(11-23)12-25-13-17)18(9-19(21)22)14-24-6-5-7-26(2)3/h8-10,12-13,24H,4-7,14-15H2,1-3H3. The third-order valence-electron chi connectivity index (χ3n) is 4.01.